The molecule has 3 heterocycles. The van der Waals surface area contributed by atoms with Gasteiger partial charge in [0, 0.05) is 11.6 Å². The van der Waals surface area contributed by atoms with Crippen molar-refractivity contribution >= 4 is 11.0 Å². The number of rotatable bonds is 7. The summed E-state index contributed by atoms with van der Waals surface area (Å²) in [6.07, 6.45) is -17.8. The molecule has 10 atom stereocenters. The zero-order valence-corrected chi connectivity index (χ0v) is 23.0. The minimum atomic E-state index is -1.99. The number of aliphatic hydroxyl groups is 8. The second-order valence-corrected chi connectivity index (χ2v) is 10.4. The summed E-state index contributed by atoms with van der Waals surface area (Å²) >= 11 is 0. The van der Waals surface area contributed by atoms with E-state index in [1.165, 1.54) is 31.4 Å². The molecule has 44 heavy (non-hydrogen) atoms. The van der Waals surface area contributed by atoms with E-state index in [1.54, 1.807) is 0 Å². The molecule has 0 bridgehead atoms. The van der Waals surface area contributed by atoms with Crippen molar-refractivity contribution in [2.45, 2.75) is 61.2 Å². The molecule has 3 aromatic rings. The summed E-state index contributed by atoms with van der Waals surface area (Å²) < 4.78 is 27.7. The summed E-state index contributed by atoms with van der Waals surface area (Å²) in [6, 6.07) is 7.05. The minimum Gasteiger partial charge on any atom is -0.506 e. The van der Waals surface area contributed by atoms with Crippen LogP contribution in [0, 0.1) is 0 Å². The molecular weight excluding hydrogens is 592 g/mol. The van der Waals surface area contributed by atoms with Gasteiger partial charge >= 0.3 is 0 Å². The van der Waals surface area contributed by atoms with Gasteiger partial charge in [-0.2, -0.15) is 0 Å². The molecule has 5 rings (SSSR count). The molecule has 0 saturated carbocycles. The molecule has 2 aromatic carbocycles. The number of phenolic OH excluding ortho intramolecular Hbond substituents is 1. The van der Waals surface area contributed by atoms with E-state index in [2.05, 4.69) is 0 Å². The van der Waals surface area contributed by atoms with Crippen molar-refractivity contribution in [2.75, 3.05) is 20.3 Å². The first kappa shape index (κ1) is 31.9. The van der Waals surface area contributed by atoms with Crippen LogP contribution in [0.15, 0.2) is 39.5 Å². The molecule has 240 valence electrons. The van der Waals surface area contributed by atoms with E-state index in [4.69, 9.17) is 23.4 Å². The molecule has 0 radical (unpaired) electrons. The van der Waals surface area contributed by atoms with Crippen LogP contribution in [0.25, 0.3) is 22.3 Å². The second-order valence-electron chi connectivity index (χ2n) is 10.4. The van der Waals surface area contributed by atoms with Crippen LogP contribution in [-0.4, -0.2) is 127 Å². The van der Waals surface area contributed by atoms with Crippen LogP contribution in [-0.2, 0) is 9.47 Å². The molecule has 2 saturated heterocycles. The minimum absolute atomic E-state index is 0.233. The summed E-state index contributed by atoms with van der Waals surface area (Å²) in [5.41, 5.74) is -1.84. The normalized spacial score (nSPS) is 32.5. The number of fused-ring (bicyclic) bond motifs is 1. The zero-order valence-electron chi connectivity index (χ0n) is 23.0. The highest BCUT2D eigenvalue weighted by Crippen LogP contribution is 2.47. The van der Waals surface area contributed by atoms with Crippen LogP contribution in [0.2, 0.25) is 0 Å². The Hall–Kier alpha value is -3.55. The third-order valence-electron chi connectivity index (χ3n) is 7.76. The number of methoxy groups -OCH3 is 1. The molecule has 0 amide bonds. The first-order valence-electron chi connectivity index (χ1n) is 13.4. The number of aromatic hydroxyl groups is 2. The van der Waals surface area contributed by atoms with Gasteiger partial charge in [-0.05, 0) is 24.3 Å². The maximum absolute atomic E-state index is 13.4. The van der Waals surface area contributed by atoms with E-state index >= 15 is 0 Å². The van der Waals surface area contributed by atoms with Gasteiger partial charge in [-0.3, -0.25) is 4.79 Å². The van der Waals surface area contributed by atoms with Gasteiger partial charge in [0.15, 0.2) is 5.76 Å². The maximum atomic E-state index is 13.4. The van der Waals surface area contributed by atoms with Crippen molar-refractivity contribution in [1.82, 2.24) is 0 Å². The first-order chi connectivity index (χ1) is 20.9. The zero-order chi connectivity index (χ0) is 32.0. The quantitative estimate of drug-likeness (QED) is 0.131. The lowest BCUT2D eigenvalue weighted by Gasteiger charge is -2.42. The van der Waals surface area contributed by atoms with Crippen molar-refractivity contribution in [3.8, 4) is 34.3 Å². The maximum Gasteiger partial charge on any atom is 0.238 e. The van der Waals surface area contributed by atoms with Crippen molar-refractivity contribution in [1.29, 1.82) is 0 Å². The van der Waals surface area contributed by atoms with Gasteiger partial charge in [0.1, 0.15) is 83.2 Å². The SMILES string of the molecule is COc1ccc(-c2oc3cc(O[C@@H]4O[C@H](CO)[C@@H](O)[C@H](O)[C@H]4O)c([C@@H]4O[C@H](CO)[C@@H](O)[C@H](O)[C@H]4O)c(O)c3c(=O)c2O)cc1. The number of ether oxygens (including phenoxy) is 4. The lowest BCUT2D eigenvalue weighted by molar-refractivity contribution is -0.278. The molecule has 2 aliphatic heterocycles. The highest BCUT2D eigenvalue weighted by atomic mass is 16.7. The molecule has 2 fully saturated rings. The number of hydrogen-bond donors (Lipinski definition) is 10. The predicted molar refractivity (Wildman–Crippen MR) is 145 cm³/mol. The average molecular weight is 625 g/mol. The smallest absolute Gasteiger partial charge is 0.238 e. The standard InChI is InChI=1S/C28H32O16/c1-40-10-4-2-9(3-5-10)26-23(37)20(34)15-11(41-26)6-12(43-28-25(39)22(36)18(32)14(8-30)44-28)16(19(15)33)27-24(38)21(35)17(31)13(7-29)42-27/h2-6,13-14,17-18,21-22,24-25,27-33,35-39H,7-8H2,1H3/t13-,14-,17-,18-,21+,22+,24-,25-,27+,28-/m1/s1. The van der Waals surface area contributed by atoms with Crippen molar-refractivity contribution in [2.24, 2.45) is 0 Å². The fraction of sp³-hybridized carbons (Fsp3) is 0.464. The summed E-state index contributed by atoms with van der Waals surface area (Å²) in [5, 5.41) is 103. The summed E-state index contributed by atoms with van der Waals surface area (Å²) in [5.74, 6) is -2.24. The molecule has 16 nitrogen and oxygen atoms in total. The van der Waals surface area contributed by atoms with Gasteiger partial charge in [-0.15, -0.1) is 0 Å². The summed E-state index contributed by atoms with van der Waals surface area (Å²) in [7, 11) is 1.44. The summed E-state index contributed by atoms with van der Waals surface area (Å²) in [4.78, 5) is 13.4. The van der Waals surface area contributed by atoms with Gasteiger partial charge in [0.05, 0.1) is 25.9 Å². The molecular formula is C28H32O16. The van der Waals surface area contributed by atoms with Gasteiger partial charge in [-0.1, -0.05) is 0 Å². The monoisotopic (exact) mass is 624 g/mol. The molecule has 2 aliphatic rings. The van der Waals surface area contributed by atoms with Crippen LogP contribution in [0.3, 0.4) is 0 Å². The van der Waals surface area contributed by atoms with E-state index in [9.17, 15) is 55.9 Å². The Kier molecular flexibility index (Phi) is 9.01. The van der Waals surface area contributed by atoms with Crippen LogP contribution in [0.4, 0.5) is 0 Å². The Morgan fingerprint density at radius 1 is 0.773 bits per heavy atom. The predicted octanol–water partition coefficient (Wildman–Crippen LogP) is -2.43. The van der Waals surface area contributed by atoms with Crippen molar-refractivity contribution in [3.63, 3.8) is 0 Å². The molecule has 1 aromatic heterocycles. The number of hydrogen-bond acceptors (Lipinski definition) is 16. The van der Waals surface area contributed by atoms with E-state index in [1.807, 2.05) is 0 Å². The Morgan fingerprint density at radius 3 is 1.95 bits per heavy atom. The van der Waals surface area contributed by atoms with E-state index in [0.717, 1.165) is 6.07 Å². The molecule has 0 unspecified atom stereocenters. The largest absolute Gasteiger partial charge is 0.506 e. The van der Waals surface area contributed by atoms with Gasteiger partial charge in [0.25, 0.3) is 0 Å². The second kappa shape index (κ2) is 12.4. The first-order valence-corrected chi connectivity index (χ1v) is 13.4. The topological polar surface area (TPSA) is 269 Å². The Balaban J connectivity index is 1.71. The number of aliphatic hydroxyl groups excluding tert-OH is 8. The Labute approximate surface area is 247 Å². The highest BCUT2D eigenvalue weighted by molar-refractivity contribution is 5.90. The lowest BCUT2D eigenvalue weighted by Crippen LogP contribution is -2.60. The lowest BCUT2D eigenvalue weighted by atomic mass is 9.89. The van der Waals surface area contributed by atoms with Gasteiger partial charge < -0.3 is 74.4 Å². The van der Waals surface area contributed by atoms with E-state index in [0.29, 0.717) is 5.75 Å². The fourth-order valence-electron chi connectivity index (χ4n) is 5.26. The summed E-state index contributed by atoms with van der Waals surface area (Å²) in [6.45, 7) is -1.64. The molecule has 16 heteroatoms. The Bertz CT molecular complexity index is 1540. The molecule has 10 N–H and O–H groups in total. The number of benzene rings is 2. The average Bonchev–Trinajstić information content (AvgIpc) is 3.02. The Morgan fingerprint density at radius 2 is 1.36 bits per heavy atom. The van der Waals surface area contributed by atoms with Crippen LogP contribution in [0.5, 0.6) is 23.0 Å². The van der Waals surface area contributed by atoms with Crippen molar-refractivity contribution < 1.29 is 74.4 Å². The van der Waals surface area contributed by atoms with E-state index < -0.39 is 108 Å². The third-order valence-corrected chi connectivity index (χ3v) is 7.76. The van der Waals surface area contributed by atoms with Gasteiger partial charge in [-0.25, -0.2) is 0 Å². The van der Waals surface area contributed by atoms with Gasteiger partial charge in [0.2, 0.25) is 17.5 Å². The molecule has 0 spiro atoms. The van der Waals surface area contributed by atoms with Crippen LogP contribution < -0.4 is 14.9 Å². The third kappa shape index (κ3) is 5.34. The van der Waals surface area contributed by atoms with E-state index in [-0.39, 0.29) is 16.9 Å². The van der Waals surface area contributed by atoms with Crippen LogP contribution in [0.1, 0.15) is 11.7 Å². The highest BCUT2D eigenvalue weighted by Gasteiger charge is 2.48. The number of phenols is 1. The van der Waals surface area contributed by atoms with Crippen molar-refractivity contribution in [3.05, 3.63) is 46.1 Å². The molecule has 0 aliphatic carbocycles. The fourth-order valence-corrected chi connectivity index (χ4v) is 5.26. The van der Waals surface area contributed by atoms with Crippen LogP contribution >= 0.6 is 0 Å².